The summed E-state index contributed by atoms with van der Waals surface area (Å²) in [6.45, 7) is 2.74. The van der Waals surface area contributed by atoms with Gasteiger partial charge in [-0.3, -0.25) is 14.5 Å². The van der Waals surface area contributed by atoms with Crippen LogP contribution in [0.25, 0.3) is 11.5 Å². The van der Waals surface area contributed by atoms with E-state index in [1.165, 1.54) is 0 Å². The van der Waals surface area contributed by atoms with Gasteiger partial charge in [-0.2, -0.15) is 0 Å². The number of piperidine rings is 1. The third-order valence-electron chi connectivity index (χ3n) is 5.09. The van der Waals surface area contributed by atoms with Crippen LogP contribution in [0, 0.1) is 0 Å². The maximum atomic E-state index is 12.1. The van der Waals surface area contributed by atoms with Gasteiger partial charge in [0.25, 0.3) is 0 Å². The smallest absolute Gasteiger partial charge is 0.309 e. The van der Waals surface area contributed by atoms with Crippen molar-refractivity contribution in [2.45, 2.75) is 32.0 Å². The summed E-state index contributed by atoms with van der Waals surface area (Å²) in [7, 11) is 0. The second-order valence-corrected chi connectivity index (χ2v) is 8.33. The molecule has 1 aromatic carbocycles. The van der Waals surface area contributed by atoms with E-state index in [0.717, 1.165) is 42.1 Å². The summed E-state index contributed by atoms with van der Waals surface area (Å²) in [6.07, 6.45) is 3.30. The molecule has 3 heterocycles. The Kier molecular flexibility index (Phi) is 6.56. The minimum absolute atomic E-state index is 0.0124. The van der Waals surface area contributed by atoms with Crippen molar-refractivity contribution in [2.24, 2.45) is 0 Å². The number of nitrogens with one attached hydrogen (secondary N) is 2. The number of carbonyl (C=O) groups is 2. The first-order chi connectivity index (χ1) is 14.7. The van der Waals surface area contributed by atoms with Gasteiger partial charge < -0.3 is 15.1 Å². The highest BCUT2D eigenvalue weighted by Crippen LogP contribution is 2.20. The molecule has 8 heteroatoms. The van der Waals surface area contributed by atoms with Gasteiger partial charge in [0.05, 0.1) is 12.2 Å². The first kappa shape index (κ1) is 20.3. The standard InChI is InChI=1S/C22H24N4O3S/c27-20(23-13-19-7-4-12-30-19)21(28)24-17-8-10-26(11-9-17)14-18-15-29-22(25-18)16-5-2-1-3-6-16/h1-7,12,15,17H,8-11,13-14H2,(H,23,27)(H,24,28). The molecule has 0 saturated carbocycles. The van der Waals surface area contributed by atoms with E-state index in [1.54, 1.807) is 17.6 Å². The lowest BCUT2D eigenvalue weighted by Crippen LogP contribution is -2.48. The molecule has 0 unspecified atom stereocenters. The first-order valence-corrected chi connectivity index (χ1v) is 10.9. The van der Waals surface area contributed by atoms with Gasteiger partial charge in [0.1, 0.15) is 6.26 Å². The number of benzene rings is 1. The van der Waals surface area contributed by atoms with Gasteiger partial charge in [-0.1, -0.05) is 24.3 Å². The molecule has 0 aliphatic carbocycles. The van der Waals surface area contributed by atoms with Crippen LogP contribution in [0.4, 0.5) is 0 Å². The maximum Gasteiger partial charge on any atom is 0.309 e. The van der Waals surface area contributed by atoms with Crippen molar-refractivity contribution >= 4 is 23.2 Å². The van der Waals surface area contributed by atoms with Crippen molar-refractivity contribution in [3.05, 3.63) is 64.7 Å². The van der Waals surface area contributed by atoms with E-state index in [0.29, 0.717) is 19.0 Å². The van der Waals surface area contributed by atoms with Crippen LogP contribution in [0.1, 0.15) is 23.4 Å². The Morgan fingerprint density at radius 1 is 1.10 bits per heavy atom. The van der Waals surface area contributed by atoms with Crippen LogP contribution in [0.3, 0.4) is 0 Å². The van der Waals surface area contributed by atoms with E-state index in [4.69, 9.17) is 4.42 Å². The molecule has 0 atom stereocenters. The number of carbonyl (C=O) groups excluding carboxylic acids is 2. The number of nitrogens with zero attached hydrogens (tertiary/aromatic N) is 2. The Hall–Kier alpha value is -2.97. The highest BCUT2D eigenvalue weighted by molar-refractivity contribution is 7.09. The molecule has 7 nitrogen and oxygen atoms in total. The third-order valence-corrected chi connectivity index (χ3v) is 5.97. The Morgan fingerprint density at radius 2 is 1.90 bits per heavy atom. The highest BCUT2D eigenvalue weighted by atomic mass is 32.1. The Bertz CT molecular complexity index is 963. The zero-order valence-electron chi connectivity index (χ0n) is 16.5. The molecule has 1 aliphatic heterocycles. The van der Waals surface area contributed by atoms with Crippen LogP contribution in [0.2, 0.25) is 0 Å². The average molecular weight is 425 g/mol. The predicted molar refractivity (Wildman–Crippen MR) is 115 cm³/mol. The molecule has 4 rings (SSSR count). The second kappa shape index (κ2) is 9.69. The fourth-order valence-corrected chi connectivity index (χ4v) is 4.11. The van der Waals surface area contributed by atoms with Crippen LogP contribution in [-0.2, 0) is 22.7 Å². The van der Waals surface area contributed by atoms with E-state index >= 15 is 0 Å². The number of rotatable bonds is 6. The highest BCUT2D eigenvalue weighted by Gasteiger charge is 2.24. The Morgan fingerprint density at radius 3 is 2.63 bits per heavy atom. The first-order valence-electron chi connectivity index (χ1n) is 10.0. The predicted octanol–water partition coefficient (Wildman–Crippen LogP) is 2.80. The van der Waals surface area contributed by atoms with E-state index in [2.05, 4.69) is 20.5 Å². The van der Waals surface area contributed by atoms with Crippen molar-refractivity contribution < 1.29 is 14.0 Å². The quantitative estimate of drug-likeness (QED) is 0.594. The number of hydrogen-bond acceptors (Lipinski definition) is 6. The molecule has 0 bridgehead atoms. The van der Waals surface area contributed by atoms with Crippen molar-refractivity contribution in [2.75, 3.05) is 13.1 Å². The molecule has 3 aromatic rings. The molecule has 1 saturated heterocycles. The zero-order chi connectivity index (χ0) is 20.8. The lowest BCUT2D eigenvalue weighted by Gasteiger charge is -2.31. The summed E-state index contributed by atoms with van der Waals surface area (Å²) < 4.78 is 5.60. The lowest BCUT2D eigenvalue weighted by atomic mass is 10.0. The fraction of sp³-hybridized carbons (Fsp3) is 0.318. The van der Waals surface area contributed by atoms with Crippen molar-refractivity contribution in [3.63, 3.8) is 0 Å². The molecular weight excluding hydrogens is 400 g/mol. The van der Waals surface area contributed by atoms with E-state index in [1.807, 2.05) is 47.8 Å². The van der Waals surface area contributed by atoms with Gasteiger partial charge >= 0.3 is 11.8 Å². The number of aromatic nitrogens is 1. The molecule has 2 N–H and O–H groups in total. The minimum Gasteiger partial charge on any atom is -0.444 e. The van der Waals surface area contributed by atoms with Crippen molar-refractivity contribution in [1.29, 1.82) is 0 Å². The summed E-state index contributed by atoms with van der Waals surface area (Å²) in [6, 6.07) is 13.7. The molecule has 1 fully saturated rings. The SMILES string of the molecule is O=C(NCc1cccs1)C(=O)NC1CCN(Cc2coc(-c3ccccc3)n2)CC1. The Labute approximate surface area is 179 Å². The van der Waals surface area contributed by atoms with E-state index in [-0.39, 0.29) is 6.04 Å². The molecule has 1 aliphatic rings. The van der Waals surface area contributed by atoms with Crippen molar-refractivity contribution in [1.82, 2.24) is 20.5 Å². The second-order valence-electron chi connectivity index (χ2n) is 7.30. The van der Waals surface area contributed by atoms with Crippen molar-refractivity contribution in [3.8, 4) is 11.5 Å². The monoisotopic (exact) mass is 424 g/mol. The van der Waals surface area contributed by atoms with Gasteiger partial charge in [0, 0.05) is 36.1 Å². The van der Waals surface area contributed by atoms with Crippen LogP contribution in [0.5, 0.6) is 0 Å². The van der Waals surface area contributed by atoms with Crippen LogP contribution in [0.15, 0.2) is 58.5 Å². The van der Waals surface area contributed by atoms with Crippen LogP contribution < -0.4 is 10.6 Å². The van der Waals surface area contributed by atoms with E-state index < -0.39 is 11.8 Å². The van der Waals surface area contributed by atoms with Crippen LogP contribution in [-0.4, -0.2) is 40.8 Å². The fourth-order valence-electron chi connectivity index (χ4n) is 3.47. The Balaban J connectivity index is 1.20. The summed E-state index contributed by atoms with van der Waals surface area (Å²) >= 11 is 1.55. The van der Waals surface area contributed by atoms with Gasteiger partial charge in [-0.15, -0.1) is 11.3 Å². The summed E-state index contributed by atoms with van der Waals surface area (Å²) in [5.74, 6) is -0.516. The molecule has 30 heavy (non-hydrogen) atoms. The molecule has 0 radical (unpaired) electrons. The molecule has 156 valence electrons. The molecule has 2 aromatic heterocycles. The summed E-state index contributed by atoms with van der Waals surface area (Å²) in [5, 5.41) is 7.45. The van der Waals surface area contributed by atoms with Gasteiger partial charge in [-0.05, 0) is 36.4 Å². The van der Waals surface area contributed by atoms with E-state index in [9.17, 15) is 9.59 Å². The molecular formula is C22H24N4O3S. The normalized spacial score (nSPS) is 15.1. The van der Waals surface area contributed by atoms with Gasteiger partial charge in [-0.25, -0.2) is 4.98 Å². The molecule has 0 spiro atoms. The zero-order valence-corrected chi connectivity index (χ0v) is 17.4. The largest absolute Gasteiger partial charge is 0.444 e. The number of oxazole rings is 1. The number of thiophene rings is 1. The number of hydrogen-bond donors (Lipinski definition) is 2. The minimum atomic E-state index is -0.582. The summed E-state index contributed by atoms with van der Waals surface area (Å²) in [5.41, 5.74) is 1.85. The average Bonchev–Trinajstić information content (AvgIpc) is 3.46. The third kappa shape index (κ3) is 5.34. The van der Waals surface area contributed by atoms with Gasteiger partial charge in [0.15, 0.2) is 0 Å². The van der Waals surface area contributed by atoms with Crippen LogP contribution >= 0.6 is 11.3 Å². The topological polar surface area (TPSA) is 87.5 Å². The summed E-state index contributed by atoms with van der Waals surface area (Å²) in [4.78, 5) is 32.0. The maximum absolute atomic E-state index is 12.1. The molecule has 2 amide bonds. The number of likely N-dealkylation sites (tertiary alicyclic amines) is 1. The van der Waals surface area contributed by atoms with Gasteiger partial charge in [0.2, 0.25) is 5.89 Å². The number of amides is 2. The lowest BCUT2D eigenvalue weighted by molar-refractivity contribution is -0.139.